The SMILES string of the molecule is CCC(C)(OC)C(N)CCCCN. The molecule has 0 rings (SSSR count). The quantitative estimate of drug-likeness (QED) is 0.591. The van der Waals surface area contributed by atoms with E-state index in [1.807, 2.05) is 0 Å². The minimum atomic E-state index is -0.172. The number of hydrogen-bond acceptors (Lipinski definition) is 3. The summed E-state index contributed by atoms with van der Waals surface area (Å²) in [6, 6.07) is 0.119. The first kappa shape index (κ1) is 12.9. The Hall–Kier alpha value is -0.120. The minimum Gasteiger partial charge on any atom is -0.377 e. The van der Waals surface area contributed by atoms with Gasteiger partial charge in [0, 0.05) is 13.2 Å². The summed E-state index contributed by atoms with van der Waals surface area (Å²) >= 11 is 0. The van der Waals surface area contributed by atoms with Crippen LogP contribution in [0.15, 0.2) is 0 Å². The molecule has 0 aromatic carbocycles. The van der Waals surface area contributed by atoms with Gasteiger partial charge in [0.15, 0.2) is 0 Å². The molecule has 0 aromatic heterocycles. The van der Waals surface area contributed by atoms with Gasteiger partial charge in [0.1, 0.15) is 0 Å². The molecule has 0 amide bonds. The van der Waals surface area contributed by atoms with E-state index >= 15 is 0 Å². The first-order chi connectivity index (χ1) is 6.10. The maximum absolute atomic E-state index is 6.05. The van der Waals surface area contributed by atoms with Crippen molar-refractivity contribution in [3.8, 4) is 0 Å². The Morgan fingerprint density at radius 3 is 2.38 bits per heavy atom. The summed E-state index contributed by atoms with van der Waals surface area (Å²) in [4.78, 5) is 0. The standard InChI is InChI=1S/C10H24N2O/c1-4-10(2,13-3)9(12)7-5-6-8-11/h9H,4-8,11-12H2,1-3H3. The maximum Gasteiger partial charge on any atom is 0.0798 e. The van der Waals surface area contributed by atoms with E-state index in [1.165, 1.54) is 0 Å². The first-order valence-electron chi connectivity index (χ1n) is 5.11. The molecule has 0 aliphatic rings. The first-order valence-corrected chi connectivity index (χ1v) is 5.11. The number of methoxy groups -OCH3 is 1. The van der Waals surface area contributed by atoms with E-state index < -0.39 is 0 Å². The number of unbranched alkanes of at least 4 members (excludes halogenated alkanes) is 1. The molecule has 0 spiro atoms. The van der Waals surface area contributed by atoms with Crippen LogP contribution >= 0.6 is 0 Å². The highest BCUT2D eigenvalue weighted by Crippen LogP contribution is 2.21. The fraction of sp³-hybridized carbons (Fsp3) is 1.00. The molecule has 0 aromatic rings. The van der Waals surface area contributed by atoms with Crippen molar-refractivity contribution in [1.29, 1.82) is 0 Å². The predicted octanol–water partition coefficient (Wildman–Crippen LogP) is 1.26. The van der Waals surface area contributed by atoms with Gasteiger partial charge >= 0.3 is 0 Å². The van der Waals surface area contributed by atoms with Crippen LogP contribution in [0.2, 0.25) is 0 Å². The molecule has 3 heteroatoms. The lowest BCUT2D eigenvalue weighted by Crippen LogP contribution is -2.46. The maximum atomic E-state index is 6.05. The molecule has 2 atom stereocenters. The summed E-state index contributed by atoms with van der Waals surface area (Å²) in [6.45, 7) is 4.93. The topological polar surface area (TPSA) is 61.3 Å². The minimum absolute atomic E-state index is 0.119. The van der Waals surface area contributed by atoms with Crippen molar-refractivity contribution >= 4 is 0 Å². The Kier molecular flexibility index (Phi) is 6.29. The third kappa shape index (κ3) is 4.07. The van der Waals surface area contributed by atoms with E-state index in [9.17, 15) is 0 Å². The molecule has 0 heterocycles. The van der Waals surface area contributed by atoms with Crippen LogP contribution < -0.4 is 11.5 Å². The lowest BCUT2D eigenvalue weighted by Gasteiger charge is -2.33. The molecule has 3 nitrogen and oxygen atoms in total. The fourth-order valence-corrected chi connectivity index (χ4v) is 1.37. The van der Waals surface area contributed by atoms with Gasteiger partial charge in [-0.2, -0.15) is 0 Å². The lowest BCUT2D eigenvalue weighted by atomic mass is 9.90. The lowest BCUT2D eigenvalue weighted by molar-refractivity contribution is -0.0210. The molecule has 13 heavy (non-hydrogen) atoms. The van der Waals surface area contributed by atoms with Crippen LogP contribution in [0.4, 0.5) is 0 Å². The van der Waals surface area contributed by atoms with Crippen molar-refractivity contribution in [3.05, 3.63) is 0 Å². The van der Waals surface area contributed by atoms with Crippen LogP contribution in [-0.4, -0.2) is 25.3 Å². The van der Waals surface area contributed by atoms with Gasteiger partial charge in [-0.3, -0.25) is 0 Å². The smallest absolute Gasteiger partial charge is 0.0798 e. The highest BCUT2D eigenvalue weighted by Gasteiger charge is 2.28. The van der Waals surface area contributed by atoms with E-state index in [0.29, 0.717) is 0 Å². The summed E-state index contributed by atoms with van der Waals surface area (Å²) in [7, 11) is 1.73. The van der Waals surface area contributed by atoms with Crippen LogP contribution in [0.25, 0.3) is 0 Å². The normalized spacial score (nSPS) is 18.2. The molecule has 0 fully saturated rings. The zero-order valence-corrected chi connectivity index (χ0v) is 9.18. The third-order valence-electron chi connectivity index (χ3n) is 2.92. The second-order valence-electron chi connectivity index (χ2n) is 3.76. The molecule has 80 valence electrons. The number of nitrogens with two attached hydrogens (primary N) is 2. The van der Waals surface area contributed by atoms with Crippen molar-refractivity contribution in [2.75, 3.05) is 13.7 Å². The average molecular weight is 188 g/mol. The zero-order chi connectivity index (χ0) is 10.3. The number of rotatable bonds is 7. The van der Waals surface area contributed by atoms with E-state index in [2.05, 4.69) is 13.8 Å². The van der Waals surface area contributed by atoms with Crippen LogP contribution in [0.3, 0.4) is 0 Å². The molecule has 4 N–H and O–H groups in total. The molecular formula is C10H24N2O. The van der Waals surface area contributed by atoms with Crippen molar-refractivity contribution < 1.29 is 4.74 Å². The monoisotopic (exact) mass is 188 g/mol. The van der Waals surface area contributed by atoms with Crippen LogP contribution in [0, 0.1) is 0 Å². The van der Waals surface area contributed by atoms with Gasteiger partial charge in [0.05, 0.1) is 5.60 Å². The largest absolute Gasteiger partial charge is 0.377 e. The molecule has 0 aliphatic carbocycles. The Morgan fingerprint density at radius 1 is 1.38 bits per heavy atom. The Balaban J connectivity index is 3.84. The van der Waals surface area contributed by atoms with E-state index in [0.717, 1.165) is 32.2 Å². The predicted molar refractivity (Wildman–Crippen MR) is 56.6 cm³/mol. The molecule has 0 radical (unpaired) electrons. The van der Waals surface area contributed by atoms with Gasteiger partial charge in [-0.15, -0.1) is 0 Å². The third-order valence-corrected chi connectivity index (χ3v) is 2.92. The average Bonchev–Trinajstić information content (AvgIpc) is 2.17. The summed E-state index contributed by atoms with van der Waals surface area (Å²) in [5.74, 6) is 0. The number of hydrogen-bond donors (Lipinski definition) is 2. The Morgan fingerprint density at radius 2 is 2.00 bits per heavy atom. The molecular weight excluding hydrogens is 164 g/mol. The van der Waals surface area contributed by atoms with Crippen molar-refractivity contribution in [2.45, 2.75) is 51.2 Å². The zero-order valence-electron chi connectivity index (χ0n) is 9.18. The van der Waals surface area contributed by atoms with E-state index in [1.54, 1.807) is 7.11 Å². The van der Waals surface area contributed by atoms with Crippen molar-refractivity contribution in [2.24, 2.45) is 11.5 Å². The van der Waals surface area contributed by atoms with Crippen molar-refractivity contribution in [1.82, 2.24) is 0 Å². The highest BCUT2D eigenvalue weighted by molar-refractivity contribution is 4.85. The van der Waals surface area contributed by atoms with Gasteiger partial charge in [-0.05, 0) is 32.7 Å². The highest BCUT2D eigenvalue weighted by atomic mass is 16.5. The van der Waals surface area contributed by atoms with Crippen molar-refractivity contribution in [3.63, 3.8) is 0 Å². The van der Waals surface area contributed by atoms with Gasteiger partial charge in [0.2, 0.25) is 0 Å². The number of ether oxygens (including phenoxy) is 1. The Labute approximate surface area is 81.8 Å². The summed E-state index contributed by atoms with van der Waals surface area (Å²) in [5.41, 5.74) is 11.3. The second-order valence-corrected chi connectivity index (χ2v) is 3.76. The molecule has 0 bridgehead atoms. The second kappa shape index (κ2) is 6.35. The van der Waals surface area contributed by atoms with Gasteiger partial charge in [0.25, 0.3) is 0 Å². The molecule has 0 saturated carbocycles. The van der Waals surface area contributed by atoms with E-state index in [4.69, 9.17) is 16.2 Å². The van der Waals surface area contributed by atoms with Crippen LogP contribution in [0.5, 0.6) is 0 Å². The van der Waals surface area contributed by atoms with Gasteiger partial charge in [-0.25, -0.2) is 0 Å². The summed E-state index contributed by atoms with van der Waals surface area (Å²) in [5, 5.41) is 0. The molecule has 0 saturated heterocycles. The molecule has 0 aliphatic heterocycles. The summed E-state index contributed by atoms with van der Waals surface area (Å²) < 4.78 is 5.42. The molecule has 2 unspecified atom stereocenters. The van der Waals surface area contributed by atoms with Gasteiger partial charge in [-0.1, -0.05) is 13.3 Å². The fourth-order valence-electron chi connectivity index (χ4n) is 1.37. The van der Waals surface area contributed by atoms with E-state index in [-0.39, 0.29) is 11.6 Å². The summed E-state index contributed by atoms with van der Waals surface area (Å²) in [6.07, 6.45) is 4.09. The van der Waals surface area contributed by atoms with Gasteiger partial charge < -0.3 is 16.2 Å². The van der Waals surface area contributed by atoms with Crippen LogP contribution in [-0.2, 0) is 4.74 Å². The van der Waals surface area contributed by atoms with Crippen LogP contribution in [0.1, 0.15) is 39.5 Å². The Bertz CT molecular complexity index is 124.